The molecule has 1 aromatic heterocycles. The van der Waals surface area contributed by atoms with Crippen LogP contribution in [-0.2, 0) is 7.05 Å². The first-order valence-electron chi connectivity index (χ1n) is 7.19. The third-order valence-corrected chi connectivity index (χ3v) is 4.49. The quantitative estimate of drug-likeness (QED) is 0.823. The molecule has 0 radical (unpaired) electrons. The van der Waals surface area contributed by atoms with Crippen molar-refractivity contribution in [2.45, 2.75) is 44.6 Å². The predicted octanol–water partition coefficient (Wildman–Crippen LogP) is 1.84. The lowest BCUT2D eigenvalue weighted by molar-refractivity contribution is 0.354. The van der Waals surface area contributed by atoms with E-state index in [1.807, 2.05) is 11.7 Å². The first-order chi connectivity index (χ1) is 8.69. The second-order valence-electron chi connectivity index (χ2n) is 5.96. The molecule has 18 heavy (non-hydrogen) atoms. The molecule has 1 aliphatic carbocycles. The molecule has 1 saturated heterocycles. The number of anilines is 1. The van der Waals surface area contributed by atoms with Gasteiger partial charge in [0.25, 0.3) is 0 Å². The number of nitrogens with zero attached hydrogens (tertiary/aromatic N) is 3. The summed E-state index contributed by atoms with van der Waals surface area (Å²) < 4.78 is 1.93. The van der Waals surface area contributed by atoms with Gasteiger partial charge in [0, 0.05) is 31.9 Å². The summed E-state index contributed by atoms with van der Waals surface area (Å²) in [5.74, 6) is 0. The zero-order valence-corrected chi connectivity index (χ0v) is 11.6. The first-order valence-corrected chi connectivity index (χ1v) is 7.19. The molecule has 3 rings (SSSR count). The van der Waals surface area contributed by atoms with Crippen molar-refractivity contribution in [1.29, 1.82) is 0 Å². The fourth-order valence-corrected chi connectivity index (χ4v) is 3.61. The van der Waals surface area contributed by atoms with Crippen LogP contribution >= 0.6 is 0 Å². The largest absolute Gasteiger partial charge is 0.367 e. The lowest BCUT2D eigenvalue weighted by atomic mass is 9.97. The van der Waals surface area contributed by atoms with Gasteiger partial charge in [-0.15, -0.1) is 0 Å². The lowest BCUT2D eigenvalue weighted by Gasteiger charge is -2.34. The molecule has 100 valence electrons. The Morgan fingerprint density at radius 2 is 2.06 bits per heavy atom. The van der Waals surface area contributed by atoms with Gasteiger partial charge in [0.1, 0.15) is 0 Å². The first kappa shape index (κ1) is 12.0. The number of aromatic nitrogens is 2. The van der Waals surface area contributed by atoms with Crippen LogP contribution < -0.4 is 10.2 Å². The van der Waals surface area contributed by atoms with E-state index >= 15 is 0 Å². The summed E-state index contributed by atoms with van der Waals surface area (Å²) in [6.45, 7) is 5.59. The minimum absolute atomic E-state index is 0.374. The lowest BCUT2D eigenvalue weighted by Crippen LogP contribution is -2.49. The predicted molar refractivity (Wildman–Crippen MR) is 74.0 cm³/mol. The topological polar surface area (TPSA) is 33.1 Å². The molecule has 2 heterocycles. The van der Waals surface area contributed by atoms with E-state index < -0.39 is 0 Å². The SMILES string of the molecule is Cc1nn(C)cc1N1CCCNC2(CCCC2)C1. The third kappa shape index (κ3) is 2.14. The van der Waals surface area contributed by atoms with Crippen LogP contribution in [0.1, 0.15) is 37.8 Å². The van der Waals surface area contributed by atoms with Crippen LogP contribution in [0.15, 0.2) is 6.20 Å². The van der Waals surface area contributed by atoms with E-state index in [2.05, 4.69) is 28.4 Å². The molecule has 0 bridgehead atoms. The van der Waals surface area contributed by atoms with Crippen LogP contribution in [0.2, 0.25) is 0 Å². The Balaban J connectivity index is 1.84. The average molecular weight is 248 g/mol. The molecule has 4 heteroatoms. The van der Waals surface area contributed by atoms with Crippen molar-refractivity contribution >= 4 is 5.69 Å². The van der Waals surface area contributed by atoms with Crippen LogP contribution in [0.5, 0.6) is 0 Å². The van der Waals surface area contributed by atoms with E-state index in [1.54, 1.807) is 0 Å². The van der Waals surface area contributed by atoms with Crippen LogP contribution in [-0.4, -0.2) is 35.0 Å². The summed E-state index contributed by atoms with van der Waals surface area (Å²) >= 11 is 0. The Morgan fingerprint density at radius 1 is 1.28 bits per heavy atom. The summed E-state index contributed by atoms with van der Waals surface area (Å²) in [5, 5.41) is 8.30. The average Bonchev–Trinajstić information content (AvgIpc) is 2.83. The van der Waals surface area contributed by atoms with E-state index in [0.717, 1.165) is 25.3 Å². The van der Waals surface area contributed by atoms with E-state index in [1.165, 1.54) is 37.8 Å². The van der Waals surface area contributed by atoms with Gasteiger partial charge in [-0.3, -0.25) is 4.68 Å². The Labute approximate surface area is 109 Å². The molecule has 0 unspecified atom stereocenters. The second kappa shape index (κ2) is 4.57. The number of hydrogen-bond acceptors (Lipinski definition) is 3. The summed E-state index contributed by atoms with van der Waals surface area (Å²) in [6, 6.07) is 0. The van der Waals surface area contributed by atoms with Gasteiger partial charge in [-0.2, -0.15) is 5.10 Å². The fourth-order valence-electron chi connectivity index (χ4n) is 3.61. The highest BCUT2D eigenvalue weighted by molar-refractivity contribution is 5.49. The van der Waals surface area contributed by atoms with Crippen molar-refractivity contribution in [2.24, 2.45) is 7.05 Å². The smallest absolute Gasteiger partial charge is 0.0827 e. The molecule has 2 fully saturated rings. The maximum absolute atomic E-state index is 4.49. The molecule has 1 spiro atoms. The Morgan fingerprint density at radius 3 is 2.72 bits per heavy atom. The van der Waals surface area contributed by atoms with Gasteiger partial charge in [-0.05, 0) is 32.7 Å². The van der Waals surface area contributed by atoms with Gasteiger partial charge in [-0.25, -0.2) is 0 Å². The zero-order chi connectivity index (χ0) is 12.6. The summed E-state index contributed by atoms with van der Waals surface area (Å²) in [7, 11) is 2.01. The molecule has 1 aromatic rings. The molecular weight excluding hydrogens is 224 g/mol. The van der Waals surface area contributed by atoms with Crippen LogP contribution in [0, 0.1) is 6.92 Å². The summed E-state index contributed by atoms with van der Waals surface area (Å²) in [6.07, 6.45) is 8.84. The van der Waals surface area contributed by atoms with Crippen molar-refractivity contribution in [1.82, 2.24) is 15.1 Å². The van der Waals surface area contributed by atoms with Gasteiger partial charge in [0.2, 0.25) is 0 Å². The van der Waals surface area contributed by atoms with E-state index in [4.69, 9.17) is 0 Å². The molecule has 1 N–H and O–H groups in total. The van der Waals surface area contributed by atoms with E-state index in [-0.39, 0.29) is 0 Å². The summed E-state index contributed by atoms with van der Waals surface area (Å²) in [5.41, 5.74) is 2.86. The molecular formula is C14H24N4. The Bertz CT molecular complexity index is 417. The molecule has 0 atom stereocenters. The van der Waals surface area contributed by atoms with Crippen molar-refractivity contribution in [3.05, 3.63) is 11.9 Å². The van der Waals surface area contributed by atoms with Gasteiger partial charge >= 0.3 is 0 Å². The molecule has 4 nitrogen and oxygen atoms in total. The molecule has 2 aliphatic rings. The fraction of sp³-hybridized carbons (Fsp3) is 0.786. The van der Waals surface area contributed by atoms with E-state index in [0.29, 0.717) is 5.54 Å². The third-order valence-electron chi connectivity index (χ3n) is 4.49. The number of aryl methyl sites for hydroxylation is 2. The molecule has 0 amide bonds. The van der Waals surface area contributed by atoms with Crippen LogP contribution in [0.4, 0.5) is 5.69 Å². The van der Waals surface area contributed by atoms with Gasteiger partial charge in [0.15, 0.2) is 0 Å². The highest BCUT2D eigenvalue weighted by atomic mass is 15.3. The molecule has 0 aromatic carbocycles. The maximum Gasteiger partial charge on any atom is 0.0827 e. The van der Waals surface area contributed by atoms with Crippen molar-refractivity contribution in [3.8, 4) is 0 Å². The normalized spacial score (nSPS) is 23.6. The van der Waals surface area contributed by atoms with Gasteiger partial charge in [-0.1, -0.05) is 12.8 Å². The number of nitrogens with one attached hydrogen (secondary N) is 1. The Kier molecular flexibility index (Phi) is 3.06. The Hall–Kier alpha value is -1.03. The molecule has 1 aliphatic heterocycles. The van der Waals surface area contributed by atoms with Crippen molar-refractivity contribution in [3.63, 3.8) is 0 Å². The van der Waals surface area contributed by atoms with Crippen LogP contribution in [0.25, 0.3) is 0 Å². The number of rotatable bonds is 1. The second-order valence-corrected chi connectivity index (χ2v) is 5.96. The van der Waals surface area contributed by atoms with E-state index in [9.17, 15) is 0 Å². The van der Waals surface area contributed by atoms with Crippen LogP contribution in [0.3, 0.4) is 0 Å². The zero-order valence-electron chi connectivity index (χ0n) is 11.6. The summed E-state index contributed by atoms with van der Waals surface area (Å²) in [4.78, 5) is 2.55. The van der Waals surface area contributed by atoms with Crippen molar-refractivity contribution in [2.75, 3.05) is 24.5 Å². The highest BCUT2D eigenvalue weighted by Gasteiger charge is 2.36. The monoisotopic (exact) mass is 248 g/mol. The van der Waals surface area contributed by atoms with Gasteiger partial charge in [0.05, 0.1) is 11.4 Å². The molecule has 1 saturated carbocycles. The minimum Gasteiger partial charge on any atom is -0.367 e. The maximum atomic E-state index is 4.49. The number of hydrogen-bond donors (Lipinski definition) is 1. The standard InChI is InChI=1S/C14H24N4/c1-12-13(10-17(2)16-12)18-9-5-8-15-14(11-18)6-3-4-7-14/h10,15H,3-9,11H2,1-2H3. The van der Waals surface area contributed by atoms with Gasteiger partial charge < -0.3 is 10.2 Å². The highest BCUT2D eigenvalue weighted by Crippen LogP contribution is 2.33. The van der Waals surface area contributed by atoms with Crippen molar-refractivity contribution < 1.29 is 0 Å². The minimum atomic E-state index is 0.374.